The van der Waals surface area contributed by atoms with Crippen molar-refractivity contribution in [2.45, 2.75) is 43.9 Å². The first kappa shape index (κ1) is 21.9. The smallest absolute Gasteiger partial charge is 0.254 e. The summed E-state index contributed by atoms with van der Waals surface area (Å²) < 4.78 is 13.2. The van der Waals surface area contributed by atoms with E-state index in [1.54, 1.807) is 12.1 Å². The molecular weight excluding hydrogens is 411 g/mol. The summed E-state index contributed by atoms with van der Waals surface area (Å²) in [5.74, 6) is 0.566. The molecule has 164 valence electrons. The van der Waals surface area contributed by atoms with Crippen molar-refractivity contribution >= 4 is 23.6 Å². The van der Waals surface area contributed by atoms with Gasteiger partial charge in [0.1, 0.15) is 5.82 Å². The zero-order valence-electron chi connectivity index (χ0n) is 18.0. The van der Waals surface area contributed by atoms with Crippen molar-refractivity contribution in [2.75, 3.05) is 25.4 Å². The molecular formula is C25H29FN2O2S. The van der Waals surface area contributed by atoms with Gasteiger partial charge in [-0.15, -0.1) is 11.8 Å². The molecule has 0 bridgehead atoms. The fourth-order valence-electron chi connectivity index (χ4n) is 4.49. The number of hydrogen-bond acceptors (Lipinski definition) is 3. The summed E-state index contributed by atoms with van der Waals surface area (Å²) >= 11 is 1.81. The number of nitrogens with zero attached hydrogens (tertiary/aromatic N) is 2. The third-order valence-electron chi connectivity index (χ3n) is 6.37. The van der Waals surface area contributed by atoms with Crippen LogP contribution in [0, 0.1) is 5.82 Å². The molecule has 0 N–H and O–H groups in total. The maximum Gasteiger partial charge on any atom is 0.254 e. The molecule has 2 saturated heterocycles. The van der Waals surface area contributed by atoms with Gasteiger partial charge in [0.05, 0.1) is 4.87 Å². The van der Waals surface area contributed by atoms with E-state index < -0.39 is 0 Å². The van der Waals surface area contributed by atoms with Crippen LogP contribution in [0.3, 0.4) is 0 Å². The number of likely N-dealkylation sites (tertiary alicyclic amines) is 1. The molecule has 0 atom stereocenters. The van der Waals surface area contributed by atoms with Crippen molar-refractivity contribution in [3.05, 3.63) is 71.0 Å². The predicted molar refractivity (Wildman–Crippen MR) is 123 cm³/mol. The number of rotatable bonds is 5. The molecule has 2 aromatic rings. The van der Waals surface area contributed by atoms with Gasteiger partial charge in [0.25, 0.3) is 11.8 Å². The molecule has 0 aromatic heterocycles. The summed E-state index contributed by atoms with van der Waals surface area (Å²) in [7, 11) is 0. The summed E-state index contributed by atoms with van der Waals surface area (Å²) in [5, 5.41) is 0. The van der Waals surface area contributed by atoms with Crippen LogP contribution in [0.1, 0.15) is 58.9 Å². The molecule has 4 rings (SSSR count). The molecule has 0 saturated carbocycles. The average molecular weight is 441 g/mol. The second-order valence-corrected chi connectivity index (χ2v) is 9.81. The monoisotopic (exact) mass is 440 g/mol. The average Bonchev–Trinajstić information content (AvgIpc) is 3.21. The van der Waals surface area contributed by atoms with E-state index in [0.717, 1.165) is 43.4 Å². The number of benzene rings is 2. The van der Waals surface area contributed by atoms with Gasteiger partial charge in [-0.2, -0.15) is 0 Å². The minimum absolute atomic E-state index is 0.0487. The van der Waals surface area contributed by atoms with Gasteiger partial charge < -0.3 is 9.80 Å². The molecule has 2 fully saturated rings. The summed E-state index contributed by atoms with van der Waals surface area (Å²) in [6.45, 7) is 4.14. The number of unbranched alkanes of at least 4 members (excludes halogenated alkanes) is 1. The highest BCUT2D eigenvalue weighted by Crippen LogP contribution is 2.44. The number of carbonyl (C=O) groups is 2. The number of carbonyl (C=O) groups excluding carboxylic acids is 2. The van der Waals surface area contributed by atoms with Crippen molar-refractivity contribution in [2.24, 2.45) is 0 Å². The third-order valence-corrected chi connectivity index (χ3v) is 7.92. The topological polar surface area (TPSA) is 40.6 Å². The highest BCUT2D eigenvalue weighted by atomic mass is 32.2. The molecule has 2 amide bonds. The highest BCUT2D eigenvalue weighted by molar-refractivity contribution is 8.00. The minimum Gasteiger partial charge on any atom is -0.338 e. The van der Waals surface area contributed by atoms with Gasteiger partial charge in [0.2, 0.25) is 0 Å². The SMILES string of the molecule is CCCCc1ccc(C(=O)N2CCC3(CC2)SCCN3C(=O)c2ccc(F)cc2)cc1. The van der Waals surface area contributed by atoms with Crippen LogP contribution in [-0.4, -0.2) is 51.9 Å². The van der Waals surface area contributed by atoms with Crippen LogP contribution in [0.2, 0.25) is 0 Å². The number of halogens is 1. The molecule has 6 heteroatoms. The van der Waals surface area contributed by atoms with Crippen LogP contribution in [0.25, 0.3) is 0 Å². The van der Waals surface area contributed by atoms with Gasteiger partial charge in [-0.1, -0.05) is 25.5 Å². The Bertz CT molecular complexity index is 922. The van der Waals surface area contributed by atoms with Crippen LogP contribution >= 0.6 is 11.8 Å². The Balaban J connectivity index is 1.40. The summed E-state index contributed by atoms with van der Waals surface area (Å²) in [4.78, 5) is 29.7. The molecule has 1 spiro atoms. The maximum absolute atomic E-state index is 13.2. The van der Waals surface area contributed by atoms with Gasteiger partial charge in [0, 0.05) is 36.5 Å². The van der Waals surface area contributed by atoms with E-state index in [-0.39, 0.29) is 22.5 Å². The van der Waals surface area contributed by atoms with Crippen LogP contribution in [0.5, 0.6) is 0 Å². The third kappa shape index (κ3) is 4.64. The summed E-state index contributed by atoms with van der Waals surface area (Å²) in [6, 6.07) is 13.8. The summed E-state index contributed by atoms with van der Waals surface area (Å²) in [5.41, 5.74) is 2.52. The molecule has 0 radical (unpaired) electrons. The lowest BCUT2D eigenvalue weighted by Gasteiger charge is -2.44. The normalized spacial score (nSPS) is 17.9. The largest absolute Gasteiger partial charge is 0.338 e. The van der Waals surface area contributed by atoms with Crippen LogP contribution < -0.4 is 0 Å². The Hall–Kier alpha value is -2.34. The molecule has 2 aliphatic rings. The van der Waals surface area contributed by atoms with E-state index >= 15 is 0 Å². The summed E-state index contributed by atoms with van der Waals surface area (Å²) in [6.07, 6.45) is 4.88. The van der Waals surface area contributed by atoms with E-state index in [9.17, 15) is 14.0 Å². The van der Waals surface area contributed by atoms with Gasteiger partial charge in [-0.05, 0) is 67.6 Å². The van der Waals surface area contributed by atoms with E-state index in [0.29, 0.717) is 25.2 Å². The highest BCUT2D eigenvalue weighted by Gasteiger charge is 2.47. The first-order valence-corrected chi connectivity index (χ1v) is 12.1. The molecule has 0 aliphatic carbocycles. The zero-order chi connectivity index (χ0) is 21.8. The number of hydrogen-bond donors (Lipinski definition) is 0. The van der Waals surface area contributed by atoms with Crippen LogP contribution in [-0.2, 0) is 6.42 Å². The Morgan fingerprint density at radius 2 is 1.55 bits per heavy atom. The quantitative estimate of drug-likeness (QED) is 0.658. The molecule has 2 aliphatic heterocycles. The first-order chi connectivity index (χ1) is 15.0. The maximum atomic E-state index is 13.2. The molecule has 2 heterocycles. The molecule has 2 aromatic carbocycles. The second kappa shape index (κ2) is 9.43. The molecule has 0 unspecified atom stereocenters. The van der Waals surface area contributed by atoms with E-state index in [1.165, 1.54) is 17.7 Å². The second-order valence-electron chi connectivity index (χ2n) is 8.35. The molecule has 4 nitrogen and oxygen atoms in total. The fraction of sp³-hybridized carbons (Fsp3) is 0.440. The van der Waals surface area contributed by atoms with E-state index in [4.69, 9.17) is 0 Å². The number of piperidine rings is 1. The molecule has 31 heavy (non-hydrogen) atoms. The van der Waals surface area contributed by atoms with Gasteiger partial charge in [0.15, 0.2) is 0 Å². The van der Waals surface area contributed by atoms with Crippen LogP contribution in [0.4, 0.5) is 4.39 Å². The standard InChI is InChI=1S/C25H29FN2O2S/c1-2-3-4-19-5-7-20(8-6-19)23(29)27-15-13-25(14-16-27)28(17-18-31-25)24(30)21-9-11-22(26)12-10-21/h5-12H,2-4,13-18H2,1H3. The van der Waals surface area contributed by atoms with Crippen molar-refractivity contribution in [3.8, 4) is 0 Å². The van der Waals surface area contributed by atoms with Gasteiger partial charge in [-0.3, -0.25) is 9.59 Å². The van der Waals surface area contributed by atoms with Crippen molar-refractivity contribution in [3.63, 3.8) is 0 Å². The van der Waals surface area contributed by atoms with E-state index in [2.05, 4.69) is 19.1 Å². The predicted octanol–water partition coefficient (Wildman–Crippen LogP) is 4.99. The lowest BCUT2D eigenvalue weighted by molar-refractivity contribution is 0.0498. The van der Waals surface area contributed by atoms with E-state index in [1.807, 2.05) is 33.7 Å². The van der Waals surface area contributed by atoms with Gasteiger partial charge >= 0.3 is 0 Å². The fourth-order valence-corrected chi connectivity index (χ4v) is 5.95. The van der Waals surface area contributed by atoms with Crippen LogP contribution in [0.15, 0.2) is 48.5 Å². The Morgan fingerprint density at radius 3 is 2.19 bits per heavy atom. The number of aryl methyl sites for hydroxylation is 1. The number of thioether (sulfide) groups is 1. The number of amides is 2. The Morgan fingerprint density at radius 1 is 0.935 bits per heavy atom. The van der Waals surface area contributed by atoms with Crippen molar-refractivity contribution < 1.29 is 14.0 Å². The van der Waals surface area contributed by atoms with Crippen molar-refractivity contribution in [1.82, 2.24) is 9.80 Å². The Labute approximate surface area is 187 Å². The lowest BCUT2D eigenvalue weighted by atomic mass is 9.99. The lowest BCUT2D eigenvalue weighted by Crippen LogP contribution is -2.53. The minimum atomic E-state index is -0.340. The first-order valence-electron chi connectivity index (χ1n) is 11.1. The van der Waals surface area contributed by atoms with Crippen molar-refractivity contribution in [1.29, 1.82) is 0 Å². The van der Waals surface area contributed by atoms with Gasteiger partial charge in [-0.25, -0.2) is 4.39 Å². The Kier molecular flexibility index (Phi) is 6.65. The zero-order valence-corrected chi connectivity index (χ0v) is 18.8.